The van der Waals surface area contributed by atoms with Crippen LogP contribution >= 0.6 is 0 Å². The molecule has 2 rings (SSSR count). The molecule has 1 aliphatic rings. The predicted octanol–water partition coefficient (Wildman–Crippen LogP) is 3.46. The van der Waals surface area contributed by atoms with Crippen molar-refractivity contribution in [2.75, 3.05) is 6.54 Å². The highest BCUT2D eigenvalue weighted by atomic mass is 16.3. The van der Waals surface area contributed by atoms with Gasteiger partial charge in [0, 0.05) is 17.5 Å². The quantitative estimate of drug-likeness (QED) is 0.856. The molecule has 1 fully saturated rings. The second-order valence-corrected chi connectivity index (χ2v) is 6.31. The molecule has 2 nitrogen and oxygen atoms in total. The van der Waals surface area contributed by atoms with Crippen LogP contribution in [-0.2, 0) is 10.8 Å². The Kier molecular flexibility index (Phi) is 3.41. The lowest BCUT2D eigenvalue weighted by molar-refractivity contribution is 0.244. The molecule has 18 heavy (non-hydrogen) atoms. The number of aromatic hydroxyl groups is 1. The van der Waals surface area contributed by atoms with E-state index in [9.17, 15) is 5.11 Å². The molecule has 1 aromatic rings. The normalized spacial score (nSPS) is 18.4. The summed E-state index contributed by atoms with van der Waals surface area (Å²) in [6.45, 7) is 7.34. The highest BCUT2D eigenvalue weighted by molar-refractivity contribution is 5.45. The van der Waals surface area contributed by atoms with E-state index in [1.54, 1.807) is 0 Å². The van der Waals surface area contributed by atoms with Gasteiger partial charge in [-0.15, -0.1) is 0 Å². The third kappa shape index (κ3) is 2.03. The molecule has 0 radical (unpaired) electrons. The largest absolute Gasteiger partial charge is 0.508 e. The van der Waals surface area contributed by atoms with Crippen molar-refractivity contribution in [1.29, 1.82) is 0 Å². The van der Waals surface area contributed by atoms with Gasteiger partial charge in [0.1, 0.15) is 5.75 Å². The molecule has 0 amide bonds. The number of benzene rings is 1. The fourth-order valence-corrected chi connectivity index (χ4v) is 2.77. The van der Waals surface area contributed by atoms with Gasteiger partial charge in [-0.1, -0.05) is 39.3 Å². The predicted molar refractivity (Wildman–Crippen MR) is 76.0 cm³/mol. The molecule has 0 aromatic heterocycles. The van der Waals surface area contributed by atoms with Gasteiger partial charge in [-0.25, -0.2) is 0 Å². The van der Waals surface area contributed by atoms with Crippen LogP contribution in [0.1, 0.15) is 57.6 Å². The van der Waals surface area contributed by atoms with Crippen molar-refractivity contribution < 1.29 is 5.11 Å². The molecule has 100 valence electrons. The first-order chi connectivity index (χ1) is 8.45. The van der Waals surface area contributed by atoms with Gasteiger partial charge in [0.2, 0.25) is 0 Å². The summed E-state index contributed by atoms with van der Waals surface area (Å²) in [7, 11) is 0. The molecule has 1 aromatic carbocycles. The van der Waals surface area contributed by atoms with E-state index in [-0.39, 0.29) is 10.8 Å². The molecular weight excluding hydrogens is 222 g/mol. The van der Waals surface area contributed by atoms with E-state index in [1.165, 1.54) is 12.0 Å². The summed E-state index contributed by atoms with van der Waals surface area (Å²) in [6.07, 6.45) is 4.52. The molecule has 0 heterocycles. The molecule has 0 spiro atoms. The molecule has 1 aliphatic carbocycles. The van der Waals surface area contributed by atoms with Crippen molar-refractivity contribution in [3.8, 4) is 5.75 Å². The summed E-state index contributed by atoms with van der Waals surface area (Å²) in [6, 6.07) is 6.08. The van der Waals surface area contributed by atoms with Crippen LogP contribution in [-0.4, -0.2) is 11.7 Å². The van der Waals surface area contributed by atoms with Gasteiger partial charge >= 0.3 is 0 Å². The minimum absolute atomic E-state index is 0.0317. The maximum absolute atomic E-state index is 10.1. The Bertz CT molecular complexity index is 427. The van der Waals surface area contributed by atoms with Gasteiger partial charge in [-0.3, -0.25) is 0 Å². The third-order valence-electron chi connectivity index (χ3n) is 4.93. The maximum atomic E-state index is 10.1. The van der Waals surface area contributed by atoms with Crippen LogP contribution in [0.4, 0.5) is 0 Å². The lowest BCUT2D eigenvalue weighted by atomic mass is 9.63. The zero-order valence-electron chi connectivity index (χ0n) is 11.8. The SMILES string of the molecule is CCC(C)(C)c1ccc(O)c(C2(CN)CCC2)c1. The number of hydrogen-bond acceptors (Lipinski definition) is 2. The molecule has 3 N–H and O–H groups in total. The van der Waals surface area contributed by atoms with Crippen LogP contribution in [0.15, 0.2) is 18.2 Å². The Balaban J connectivity index is 2.45. The van der Waals surface area contributed by atoms with Crippen LogP contribution < -0.4 is 5.73 Å². The summed E-state index contributed by atoms with van der Waals surface area (Å²) in [5, 5.41) is 10.1. The van der Waals surface area contributed by atoms with Gasteiger partial charge < -0.3 is 10.8 Å². The molecule has 0 atom stereocenters. The second kappa shape index (κ2) is 4.58. The van der Waals surface area contributed by atoms with E-state index >= 15 is 0 Å². The fraction of sp³-hybridized carbons (Fsp3) is 0.625. The highest BCUT2D eigenvalue weighted by Gasteiger charge is 2.39. The van der Waals surface area contributed by atoms with Gasteiger partial charge in [0.25, 0.3) is 0 Å². The topological polar surface area (TPSA) is 46.2 Å². The van der Waals surface area contributed by atoms with Crippen molar-refractivity contribution in [2.24, 2.45) is 5.73 Å². The second-order valence-electron chi connectivity index (χ2n) is 6.31. The Morgan fingerprint density at radius 3 is 2.44 bits per heavy atom. The van der Waals surface area contributed by atoms with Crippen molar-refractivity contribution in [3.63, 3.8) is 0 Å². The van der Waals surface area contributed by atoms with Gasteiger partial charge in [-0.05, 0) is 36.3 Å². The molecule has 0 aliphatic heterocycles. The monoisotopic (exact) mass is 247 g/mol. The van der Waals surface area contributed by atoms with Crippen molar-refractivity contribution in [3.05, 3.63) is 29.3 Å². The van der Waals surface area contributed by atoms with Crippen molar-refractivity contribution in [1.82, 2.24) is 0 Å². The minimum Gasteiger partial charge on any atom is -0.508 e. The first-order valence-corrected chi connectivity index (χ1v) is 6.99. The van der Waals surface area contributed by atoms with E-state index in [2.05, 4.69) is 26.8 Å². The molecule has 0 saturated heterocycles. The van der Waals surface area contributed by atoms with Crippen LogP contribution in [0, 0.1) is 0 Å². The summed E-state index contributed by atoms with van der Waals surface area (Å²) in [5.41, 5.74) is 8.50. The van der Waals surface area contributed by atoms with Crippen LogP contribution in [0.2, 0.25) is 0 Å². The van der Waals surface area contributed by atoms with E-state index in [1.807, 2.05) is 12.1 Å². The van der Waals surface area contributed by atoms with Gasteiger partial charge in [0.05, 0.1) is 0 Å². The number of nitrogens with two attached hydrogens (primary N) is 1. The minimum atomic E-state index is 0.0317. The smallest absolute Gasteiger partial charge is 0.119 e. The average Bonchev–Trinajstić information content (AvgIpc) is 2.30. The number of phenolic OH excluding ortho intramolecular Hbond substituents is 1. The van der Waals surface area contributed by atoms with E-state index in [0.29, 0.717) is 12.3 Å². The van der Waals surface area contributed by atoms with Gasteiger partial charge in [-0.2, -0.15) is 0 Å². The molecular formula is C16H25NO. The lowest BCUT2D eigenvalue weighted by Gasteiger charge is -2.42. The average molecular weight is 247 g/mol. The summed E-state index contributed by atoms with van der Waals surface area (Å²) < 4.78 is 0. The van der Waals surface area contributed by atoms with E-state index in [0.717, 1.165) is 24.8 Å². The van der Waals surface area contributed by atoms with E-state index in [4.69, 9.17) is 5.73 Å². The first-order valence-electron chi connectivity index (χ1n) is 6.99. The summed E-state index contributed by atoms with van der Waals surface area (Å²) >= 11 is 0. The zero-order chi connectivity index (χ0) is 13.4. The highest BCUT2D eigenvalue weighted by Crippen LogP contribution is 2.47. The van der Waals surface area contributed by atoms with E-state index < -0.39 is 0 Å². The molecule has 0 unspecified atom stereocenters. The third-order valence-corrected chi connectivity index (χ3v) is 4.93. The zero-order valence-corrected chi connectivity index (χ0v) is 11.8. The summed E-state index contributed by atoms with van der Waals surface area (Å²) in [4.78, 5) is 0. The van der Waals surface area contributed by atoms with Crippen LogP contribution in [0.5, 0.6) is 5.75 Å². The maximum Gasteiger partial charge on any atom is 0.119 e. The number of rotatable bonds is 4. The Morgan fingerprint density at radius 1 is 1.33 bits per heavy atom. The first kappa shape index (κ1) is 13.4. The van der Waals surface area contributed by atoms with Crippen molar-refractivity contribution in [2.45, 2.75) is 57.3 Å². The standard InChI is InChI=1S/C16H25NO/c1-4-15(2,3)12-6-7-14(18)13(10-12)16(11-17)8-5-9-16/h6-7,10,18H,4-5,8-9,11,17H2,1-3H3. The van der Waals surface area contributed by atoms with Crippen molar-refractivity contribution >= 4 is 0 Å². The molecule has 1 saturated carbocycles. The Morgan fingerprint density at radius 2 is 2.00 bits per heavy atom. The fourth-order valence-electron chi connectivity index (χ4n) is 2.77. The Hall–Kier alpha value is -1.02. The number of hydrogen-bond donors (Lipinski definition) is 2. The number of phenols is 1. The Labute approximate surface area is 110 Å². The summed E-state index contributed by atoms with van der Waals surface area (Å²) in [5.74, 6) is 0.413. The van der Waals surface area contributed by atoms with Crippen LogP contribution in [0.3, 0.4) is 0 Å². The van der Waals surface area contributed by atoms with Crippen LogP contribution in [0.25, 0.3) is 0 Å². The molecule has 2 heteroatoms. The molecule has 0 bridgehead atoms. The lowest BCUT2D eigenvalue weighted by Crippen LogP contribution is -2.41. The van der Waals surface area contributed by atoms with Gasteiger partial charge in [0.15, 0.2) is 0 Å².